The number of likely N-dealkylation sites (N-methyl/N-ethyl adjacent to an activating group) is 1. The van der Waals surface area contributed by atoms with Crippen molar-refractivity contribution < 1.29 is 27.4 Å². The molecule has 0 radical (unpaired) electrons. The van der Waals surface area contributed by atoms with Gasteiger partial charge in [-0.3, -0.25) is 0 Å². The third kappa shape index (κ3) is 6.19. The predicted molar refractivity (Wildman–Crippen MR) is 133 cm³/mol. The number of sulfonamides is 1. The number of halogens is 1. The number of benzene rings is 2. The Bertz CT molecular complexity index is 1170. The maximum absolute atomic E-state index is 13.5. The molecule has 0 saturated heterocycles. The van der Waals surface area contributed by atoms with Crippen molar-refractivity contribution in [2.75, 3.05) is 32.1 Å². The third-order valence-electron chi connectivity index (χ3n) is 5.95. The van der Waals surface area contributed by atoms with Crippen LogP contribution in [-0.4, -0.2) is 67.7 Å². The van der Waals surface area contributed by atoms with E-state index in [-0.39, 0.29) is 36.3 Å². The molecule has 0 aromatic heterocycles. The highest BCUT2D eigenvalue weighted by atomic mass is 32.2. The number of allylic oxidation sites excluding steroid dienone is 1. The largest absolute Gasteiger partial charge is 0.487 e. The van der Waals surface area contributed by atoms with Crippen molar-refractivity contribution in [3.8, 4) is 5.75 Å². The average molecular weight is 506 g/mol. The van der Waals surface area contributed by atoms with E-state index in [1.54, 1.807) is 26.1 Å². The fraction of sp³-hybridized carbons (Fsp3) is 0.400. The second kappa shape index (κ2) is 11.2. The van der Waals surface area contributed by atoms with E-state index in [9.17, 15) is 22.7 Å². The minimum Gasteiger partial charge on any atom is -0.487 e. The normalized spacial score (nSPS) is 20.9. The van der Waals surface area contributed by atoms with Gasteiger partial charge in [-0.1, -0.05) is 25.1 Å². The molecule has 0 unspecified atom stereocenters. The van der Waals surface area contributed by atoms with Crippen LogP contribution in [0.15, 0.2) is 53.4 Å². The number of nitrogens with one attached hydrogen (secondary N) is 1. The molecule has 3 atom stereocenters. The van der Waals surface area contributed by atoms with Crippen molar-refractivity contribution >= 4 is 27.8 Å². The van der Waals surface area contributed by atoms with E-state index < -0.39 is 34.0 Å². The number of rotatable bonds is 6. The van der Waals surface area contributed by atoms with E-state index in [0.29, 0.717) is 5.69 Å². The Hall–Kier alpha value is -2.95. The van der Waals surface area contributed by atoms with Gasteiger partial charge < -0.3 is 20.1 Å². The van der Waals surface area contributed by atoms with E-state index in [2.05, 4.69) is 5.32 Å². The van der Waals surface area contributed by atoms with Crippen LogP contribution >= 0.6 is 0 Å². The predicted octanol–water partition coefficient (Wildman–Crippen LogP) is 3.79. The zero-order valence-electron chi connectivity index (χ0n) is 20.3. The van der Waals surface area contributed by atoms with Crippen LogP contribution in [-0.2, 0) is 10.0 Å². The Morgan fingerprint density at radius 1 is 1.31 bits per heavy atom. The van der Waals surface area contributed by atoms with E-state index >= 15 is 0 Å². The molecule has 35 heavy (non-hydrogen) atoms. The van der Waals surface area contributed by atoms with Crippen molar-refractivity contribution in [3.05, 3.63) is 59.9 Å². The fourth-order valence-corrected chi connectivity index (χ4v) is 5.69. The summed E-state index contributed by atoms with van der Waals surface area (Å²) in [6.45, 7) is 5.31. The first kappa shape index (κ1) is 26.7. The smallest absolute Gasteiger partial charge is 0.321 e. The zero-order chi connectivity index (χ0) is 25.8. The second-order valence-electron chi connectivity index (χ2n) is 8.76. The maximum atomic E-state index is 13.5. The molecule has 8 nitrogen and oxygen atoms in total. The van der Waals surface area contributed by atoms with Gasteiger partial charge in [-0.15, -0.1) is 0 Å². The number of carbonyl (C=O) groups is 1. The Morgan fingerprint density at radius 3 is 2.63 bits per heavy atom. The number of ether oxygens (including phenoxy) is 1. The van der Waals surface area contributed by atoms with Gasteiger partial charge in [0.15, 0.2) is 0 Å². The van der Waals surface area contributed by atoms with Crippen LogP contribution < -0.4 is 10.1 Å². The molecule has 190 valence electrons. The Morgan fingerprint density at radius 2 is 2.00 bits per heavy atom. The van der Waals surface area contributed by atoms with Gasteiger partial charge in [0.05, 0.1) is 13.2 Å². The van der Waals surface area contributed by atoms with Gasteiger partial charge in [-0.05, 0) is 55.8 Å². The summed E-state index contributed by atoms with van der Waals surface area (Å²) in [6.07, 6.45) is 3.14. The summed E-state index contributed by atoms with van der Waals surface area (Å²) >= 11 is 0. The molecule has 0 saturated carbocycles. The molecule has 1 aliphatic heterocycles. The van der Waals surface area contributed by atoms with Gasteiger partial charge in [0, 0.05) is 31.2 Å². The average Bonchev–Trinajstić information content (AvgIpc) is 2.82. The number of aliphatic hydroxyl groups excluding tert-OH is 1. The number of hydrogen-bond acceptors (Lipinski definition) is 5. The number of aliphatic hydroxyl groups is 1. The lowest BCUT2D eigenvalue weighted by Crippen LogP contribution is -2.50. The van der Waals surface area contributed by atoms with E-state index in [1.807, 2.05) is 26.0 Å². The number of urea groups is 1. The minimum atomic E-state index is -3.93. The number of amides is 2. The lowest BCUT2D eigenvalue weighted by Gasteiger charge is -2.37. The molecule has 3 rings (SSSR count). The minimum absolute atomic E-state index is 0.0152. The Kier molecular flexibility index (Phi) is 8.52. The van der Waals surface area contributed by atoms with Gasteiger partial charge >= 0.3 is 6.03 Å². The highest BCUT2D eigenvalue weighted by molar-refractivity contribution is 7.89. The monoisotopic (exact) mass is 505 g/mol. The van der Waals surface area contributed by atoms with Gasteiger partial charge in [0.2, 0.25) is 10.0 Å². The van der Waals surface area contributed by atoms with Crippen LogP contribution in [0.4, 0.5) is 14.9 Å². The van der Waals surface area contributed by atoms with Crippen LogP contribution in [0.3, 0.4) is 0 Å². The van der Waals surface area contributed by atoms with Crippen molar-refractivity contribution in [1.82, 2.24) is 9.21 Å². The van der Waals surface area contributed by atoms with Crippen molar-refractivity contribution in [2.45, 2.75) is 37.8 Å². The summed E-state index contributed by atoms with van der Waals surface area (Å²) in [6, 6.07) is 9.27. The molecular weight excluding hydrogens is 473 g/mol. The van der Waals surface area contributed by atoms with Crippen LogP contribution in [0.2, 0.25) is 0 Å². The first-order chi connectivity index (χ1) is 16.6. The number of carbonyl (C=O) groups excluding carboxylic acids is 1. The summed E-state index contributed by atoms with van der Waals surface area (Å²) in [4.78, 5) is 14.2. The molecule has 2 amide bonds. The second-order valence-corrected chi connectivity index (χ2v) is 10.6. The van der Waals surface area contributed by atoms with Crippen molar-refractivity contribution in [2.24, 2.45) is 5.92 Å². The molecule has 0 aliphatic carbocycles. The van der Waals surface area contributed by atoms with Crippen LogP contribution in [0.25, 0.3) is 6.08 Å². The molecule has 10 heteroatoms. The van der Waals surface area contributed by atoms with Crippen LogP contribution in [0, 0.1) is 11.7 Å². The quantitative estimate of drug-likeness (QED) is 0.622. The van der Waals surface area contributed by atoms with Crippen molar-refractivity contribution in [1.29, 1.82) is 0 Å². The molecule has 2 aromatic rings. The molecule has 2 aromatic carbocycles. The lowest BCUT2D eigenvalue weighted by molar-refractivity contribution is 0.0830. The molecule has 0 fully saturated rings. The molecule has 0 spiro atoms. The van der Waals surface area contributed by atoms with E-state index in [4.69, 9.17) is 4.74 Å². The number of nitrogens with zero attached hydrogens (tertiary/aromatic N) is 2. The summed E-state index contributed by atoms with van der Waals surface area (Å²) < 4.78 is 47.6. The first-order valence-electron chi connectivity index (χ1n) is 11.4. The first-order valence-corrected chi connectivity index (χ1v) is 12.8. The molecular formula is C25H32FN3O5S. The summed E-state index contributed by atoms with van der Waals surface area (Å²) in [7, 11) is -2.32. The highest BCUT2D eigenvalue weighted by Gasteiger charge is 2.38. The molecule has 1 aliphatic rings. The summed E-state index contributed by atoms with van der Waals surface area (Å²) in [5.41, 5.74) is 1.22. The topological polar surface area (TPSA) is 99.2 Å². The number of anilines is 1. The fourth-order valence-electron chi connectivity index (χ4n) is 3.86. The zero-order valence-corrected chi connectivity index (χ0v) is 21.1. The van der Waals surface area contributed by atoms with E-state index in [0.717, 1.165) is 5.56 Å². The van der Waals surface area contributed by atoms with Crippen molar-refractivity contribution in [3.63, 3.8) is 0 Å². The lowest BCUT2D eigenvalue weighted by atomic mass is 10.0. The summed E-state index contributed by atoms with van der Waals surface area (Å²) in [5.74, 6) is -0.515. The number of fused-ring (bicyclic) bond motifs is 1. The van der Waals surface area contributed by atoms with Crippen LogP contribution in [0.5, 0.6) is 5.75 Å². The molecule has 1 heterocycles. The Labute approximate surface area is 206 Å². The maximum Gasteiger partial charge on any atom is 0.321 e. The van der Waals surface area contributed by atoms with Gasteiger partial charge in [0.25, 0.3) is 0 Å². The van der Waals surface area contributed by atoms with Gasteiger partial charge in [-0.2, -0.15) is 4.31 Å². The molecule has 2 N–H and O–H groups in total. The Balaban J connectivity index is 1.92. The third-order valence-corrected chi connectivity index (χ3v) is 7.97. The SMILES string of the molecule is C/C=C/c1ccc2c(c1)O[C@H](CN(C)C(=O)Nc1ccc(F)cc1)[C@@H](C)CN([C@H](C)CO)S2(=O)=O. The standard InChI is InChI=1S/C25H32FN3O5S/c1-5-6-19-7-12-24-22(13-19)34-23(17(2)14-29(18(3)16-30)35(24,32)33)15-28(4)25(31)27-21-10-8-20(26)9-11-21/h5-13,17-18,23,30H,14-16H2,1-4H3,(H,27,31)/b6-5+/t17-,18+,23+/m0/s1. The van der Waals surface area contributed by atoms with Crippen LogP contribution in [0.1, 0.15) is 26.3 Å². The van der Waals surface area contributed by atoms with Gasteiger partial charge in [-0.25, -0.2) is 17.6 Å². The van der Waals surface area contributed by atoms with Gasteiger partial charge in [0.1, 0.15) is 22.6 Å². The summed E-state index contributed by atoms with van der Waals surface area (Å²) in [5, 5.41) is 12.5. The number of hydrogen-bond donors (Lipinski definition) is 2. The highest BCUT2D eigenvalue weighted by Crippen LogP contribution is 2.34. The molecule has 0 bridgehead atoms. The van der Waals surface area contributed by atoms with E-state index in [1.165, 1.54) is 39.5 Å².